The molecule has 0 radical (unpaired) electrons. The van der Waals surface area contributed by atoms with Crippen LogP contribution in [0.3, 0.4) is 0 Å². The fourth-order valence-corrected chi connectivity index (χ4v) is 3.30. The Bertz CT molecular complexity index is 122. The van der Waals surface area contributed by atoms with E-state index < -0.39 is 0 Å². The van der Waals surface area contributed by atoms with E-state index in [0.717, 1.165) is 29.6 Å². The monoisotopic (exact) mass is 168 g/mol. The Kier molecular flexibility index (Phi) is 3.20. The Hall–Kier alpha value is 0. The van der Waals surface area contributed by atoms with Crippen LogP contribution >= 0.6 is 0 Å². The predicted octanol–water partition coefficient (Wildman–Crippen LogP) is 3.96. The van der Waals surface area contributed by atoms with Gasteiger partial charge in [-0.05, 0) is 36.0 Å². The molecule has 72 valence electrons. The normalized spacial score (nSPS) is 38.0. The predicted molar refractivity (Wildman–Crippen MR) is 55.1 cm³/mol. The highest BCUT2D eigenvalue weighted by Crippen LogP contribution is 2.47. The van der Waals surface area contributed by atoms with E-state index in [1.54, 1.807) is 0 Å². The van der Waals surface area contributed by atoms with Gasteiger partial charge < -0.3 is 0 Å². The lowest BCUT2D eigenvalue weighted by atomic mass is 9.58. The lowest BCUT2D eigenvalue weighted by Crippen LogP contribution is -2.40. The molecule has 0 aromatic rings. The second-order valence-electron chi connectivity index (χ2n) is 5.08. The van der Waals surface area contributed by atoms with Crippen LogP contribution in [0.1, 0.15) is 47.5 Å². The minimum atomic E-state index is 0.880. The third-order valence-corrected chi connectivity index (χ3v) is 3.88. The lowest BCUT2D eigenvalue weighted by Gasteiger charge is -2.47. The SMILES string of the molecule is CCC(C(C)C)C1C(C)CC1C. The summed E-state index contributed by atoms with van der Waals surface area (Å²) in [6.07, 6.45) is 2.84. The molecule has 0 bridgehead atoms. The number of rotatable bonds is 3. The molecule has 0 aromatic heterocycles. The van der Waals surface area contributed by atoms with Crippen molar-refractivity contribution in [3.05, 3.63) is 0 Å². The largest absolute Gasteiger partial charge is 0.0651 e. The van der Waals surface area contributed by atoms with Crippen molar-refractivity contribution in [3.63, 3.8) is 0 Å². The Morgan fingerprint density at radius 1 is 1.17 bits per heavy atom. The van der Waals surface area contributed by atoms with Gasteiger partial charge in [-0.25, -0.2) is 0 Å². The molecular formula is C12H24. The summed E-state index contributed by atoms with van der Waals surface area (Å²) >= 11 is 0. The molecule has 12 heavy (non-hydrogen) atoms. The maximum Gasteiger partial charge on any atom is -0.0332 e. The van der Waals surface area contributed by atoms with Crippen LogP contribution in [0.4, 0.5) is 0 Å². The molecule has 3 atom stereocenters. The van der Waals surface area contributed by atoms with Crippen LogP contribution in [0.5, 0.6) is 0 Å². The van der Waals surface area contributed by atoms with E-state index in [1.165, 1.54) is 12.8 Å². The maximum absolute atomic E-state index is 2.43. The zero-order valence-corrected chi connectivity index (χ0v) is 9.30. The van der Waals surface area contributed by atoms with Crippen molar-refractivity contribution in [2.24, 2.45) is 29.6 Å². The molecular weight excluding hydrogens is 144 g/mol. The van der Waals surface area contributed by atoms with Crippen LogP contribution in [-0.4, -0.2) is 0 Å². The van der Waals surface area contributed by atoms with Crippen molar-refractivity contribution < 1.29 is 0 Å². The zero-order chi connectivity index (χ0) is 9.30. The summed E-state index contributed by atoms with van der Waals surface area (Å²) in [4.78, 5) is 0. The van der Waals surface area contributed by atoms with Gasteiger partial charge >= 0.3 is 0 Å². The summed E-state index contributed by atoms with van der Waals surface area (Å²) in [5.41, 5.74) is 0. The van der Waals surface area contributed by atoms with Gasteiger partial charge in [0.2, 0.25) is 0 Å². The van der Waals surface area contributed by atoms with Crippen LogP contribution in [0.25, 0.3) is 0 Å². The summed E-state index contributed by atoms with van der Waals surface area (Å²) in [6.45, 7) is 12.0. The van der Waals surface area contributed by atoms with Crippen molar-refractivity contribution in [1.29, 1.82) is 0 Å². The summed E-state index contributed by atoms with van der Waals surface area (Å²) in [7, 11) is 0. The van der Waals surface area contributed by atoms with Gasteiger partial charge in [-0.2, -0.15) is 0 Å². The van der Waals surface area contributed by atoms with Crippen molar-refractivity contribution in [3.8, 4) is 0 Å². The zero-order valence-electron chi connectivity index (χ0n) is 9.30. The average molecular weight is 168 g/mol. The third kappa shape index (κ3) is 1.67. The van der Waals surface area contributed by atoms with E-state index in [1.807, 2.05) is 0 Å². The van der Waals surface area contributed by atoms with Gasteiger partial charge in [0.25, 0.3) is 0 Å². The summed E-state index contributed by atoms with van der Waals surface area (Å²) in [5, 5.41) is 0. The highest BCUT2D eigenvalue weighted by atomic mass is 14.4. The van der Waals surface area contributed by atoms with Gasteiger partial charge in [-0.15, -0.1) is 0 Å². The Balaban J connectivity index is 2.53. The Morgan fingerprint density at radius 3 is 1.83 bits per heavy atom. The molecule has 0 aromatic carbocycles. The topological polar surface area (TPSA) is 0 Å². The van der Waals surface area contributed by atoms with E-state index in [2.05, 4.69) is 34.6 Å². The summed E-state index contributed by atoms with van der Waals surface area (Å²) in [6, 6.07) is 0. The van der Waals surface area contributed by atoms with Gasteiger partial charge in [0.1, 0.15) is 0 Å². The second kappa shape index (κ2) is 3.81. The number of hydrogen-bond acceptors (Lipinski definition) is 0. The van der Waals surface area contributed by atoms with Crippen LogP contribution in [0.15, 0.2) is 0 Å². The molecule has 1 aliphatic rings. The van der Waals surface area contributed by atoms with E-state index in [-0.39, 0.29) is 0 Å². The fraction of sp³-hybridized carbons (Fsp3) is 1.00. The molecule has 0 heteroatoms. The fourth-order valence-electron chi connectivity index (χ4n) is 3.30. The summed E-state index contributed by atoms with van der Waals surface area (Å²) in [5.74, 6) is 4.86. The standard InChI is InChI=1S/C12H24/c1-6-11(8(2)3)12-9(4)7-10(12)5/h8-12H,6-7H2,1-5H3. The first kappa shape index (κ1) is 10.1. The quantitative estimate of drug-likeness (QED) is 0.598. The van der Waals surface area contributed by atoms with Crippen molar-refractivity contribution in [1.82, 2.24) is 0 Å². The van der Waals surface area contributed by atoms with Crippen LogP contribution in [0, 0.1) is 29.6 Å². The van der Waals surface area contributed by atoms with Gasteiger partial charge in [0.05, 0.1) is 0 Å². The number of hydrogen-bond donors (Lipinski definition) is 0. The Labute approximate surface area is 77.7 Å². The minimum Gasteiger partial charge on any atom is -0.0651 e. The van der Waals surface area contributed by atoms with E-state index >= 15 is 0 Å². The third-order valence-electron chi connectivity index (χ3n) is 3.88. The molecule has 0 spiro atoms. The van der Waals surface area contributed by atoms with Crippen molar-refractivity contribution in [2.45, 2.75) is 47.5 Å². The van der Waals surface area contributed by atoms with Gasteiger partial charge in [-0.3, -0.25) is 0 Å². The summed E-state index contributed by atoms with van der Waals surface area (Å²) < 4.78 is 0. The first-order valence-electron chi connectivity index (χ1n) is 5.57. The molecule has 1 aliphatic carbocycles. The smallest absolute Gasteiger partial charge is 0.0332 e. The molecule has 1 saturated carbocycles. The second-order valence-corrected chi connectivity index (χ2v) is 5.08. The highest BCUT2D eigenvalue weighted by Gasteiger charge is 2.40. The molecule has 1 rings (SSSR count). The molecule has 0 nitrogen and oxygen atoms in total. The molecule has 0 saturated heterocycles. The van der Waals surface area contributed by atoms with Crippen molar-refractivity contribution >= 4 is 0 Å². The molecule has 0 amide bonds. The highest BCUT2D eigenvalue weighted by molar-refractivity contribution is 4.89. The van der Waals surface area contributed by atoms with E-state index in [4.69, 9.17) is 0 Å². The Morgan fingerprint density at radius 2 is 1.67 bits per heavy atom. The molecule has 1 fully saturated rings. The van der Waals surface area contributed by atoms with Crippen molar-refractivity contribution in [2.75, 3.05) is 0 Å². The first-order chi connectivity index (χ1) is 5.57. The first-order valence-corrected chi connectivity index (χ1v) is 5.57. The van der Waals surface area contributed by atoms with Crippen LogP contribution in [0.2, 0.25) is 0 Å². The molecule has 0 heterocycles. The lowest BCUT2D eigenvalue weighted by molar-refractivity contribution is 0.0189. The van der Waals surface area contributed by atoms with E-state index in [0.29, 0.717) is 0 Å². The van der Waals surface area contributed by atoms with Gasteiger partial charge in [0, 0.05) is 0 Å². The maximum atomic E-state index is 2.43. The molecule has 3 unspecified atom stereocenters. The molecule has 0 aliphatic heterocycles. The minimum absolute atomic E-state index is 0.880. The van der Waals surface area contributed by atoms with Crippen LogP contribution < -0.4 is 0 Å². The molecule has 0 N–H and O–H groups in total. The van der Waals surface area contributed by atoms with Crippen LogP contribution in [-0.2, 0) is 0 Å². The van der Waals surface area contributed by atoms with Gasteiger partial charge in [-0.1, -0.05) is 41.0 Å². The average Bonchev–Trinajstić information content (AvgIpc) is 1.99. The van der Waals surface area contributed by atoms with Gasteiger partial charge in [0.15, 0.2) is 0 Å². The van der Waals surface area contributed by atoms with E-state index in [9.17, 15) is 0 Å².